The first-order valence-corrected chi connectivity index (χ1v) is 3.91. The lowest BCUT2D eigenvalue weighted by atomic mass is 10.3. The molecule has 0 aromatic carbocycles. The summed E-state index contributed by atoms with van der Waals surface area (Å²) in [6.07, 6.45) is 14.4. The maximum absolute atomic E-state index is 4.22. The van der Waals surface area contributed by atoms with Crippen LogP contribution >= 0.6 is 0 Å². The van der Waals surface area contributed by atoms with E-state index in [0.29, 0.717) is 0 Å². The molecular formula is C10H12N2. The second kappa shape index (κ2) is 5.24. The molecule has 1 rings (SSSR count). The van der Waals surface area contributed by atoms with E-state index in [0.717, 1.165) is 12.1 Å². The Morgan fingerprint density at radius 2 is 2.50 bits per heavy atom. The smallest absolute Gasteiger partial charge is 0.0626 e. The van der Waals surface area contributed by atoms with Gasteiger partial charge >= 0.3 is 0 Å². The van der Waals surface area contributed by atoms with E-state index in [1.54, 1.807) is 13.3 Å². The zero-order valence-electron chi connectivity index (χ0n) is 7.14. The lowest BCUT2D eigenvalue weighted by Crippen LogP contribution is -1.72. The lowest BCUT2D eigenvalue weighted by molar-refractivity contribution is 1.41. The fraction of sp³-hybridized carbons (Fsp3) is 0.200. The van der Waals surface area contributed by atoms with Gasteiger partial charge < -0.3 is 0 Å². The van der Waals surface area contributed by atoms with Gasteiger partial charge in [0.2, 0.25) is 0 Å². The molecule has 0 radical (unpaired) electrons. The number of hydrogen-bond donors (Lipinski definition) is 0. The second-order valence-electron chi connectivity index (χ2n) is 2.33. The first-order chi connectivity index (χ1) is 5.93. The highest BCUT2D eigenvalue weighted by atomic mass is 14.7. The van der Waals surface area contributed by atoms with Crippen LogP contribution in [0.4, 0.5) is 0 Å². The van der Waals surface area contributed by atoms with Gasteiger partial charge in [-0.15, -0.1) is 0 Å². The van der Waals surface area contributed by atoms with Crippen LogP contribution in [0.3, 0.4) is 0 Å². The van der Waals surface area contributed by atoms with Gasteiger partial charge in [0.1, 0.15) is 0 Å². The third-order valence-electron chi connectivity index (χ3n) is 1.39. The van der Waals surface area contributed by atoms with Crippen LogP contribution in [0.1, 0.15) is 6.42 Å². The van der Waals surface area contributed by atoms with Crippen molar-refractivity contribution in [3.63, 3.8) is 0 Å². The maximum atomic E-state index is 4.22. The molecule has 12 heavy (non-hydrogen) atoms. The van der Waals surface area contributed by atoms with E-state index in [-0.39, 0.29) is 0 Å². The summed E-state index contributed by atoms with van der Waals surface area (Å²) in [7, 11) is 1.75. The van der Waals surface area contributed by atoms with Crippen molar-refractivity contribution in [3.05, 3.63) is 36.1 Å². The van der Waals surface area contributed by atoms with Gasteiger partial charge in [-0.25, -0.2) is 0 Å². The summed E-state index contributed by atoms with van der Waals surface area (Å²) in [4.78, 5) is 8.05. The highest BCUT2D eigenvalue weighted by Gasteiger charge is 1.86. The van der Waals surface area contributed by atoms with Crippen LogP contribution < -0.4 is 0 Å². The Morgan fingerprint density at radius 1 is 1.58 bits per heavy atom. The fourth-order valence-corrected chi connectivity index (χ4v) is 0.833. The molecule has 0 bridgehead atoms. The van der Waals surface area contributed by atoms with Crippen molar-refractivity contribution in [2.75, 3.05) is 7.05 Å². The molecule has 0 spiro atoms. The Labute approximate surface area is 72.7 Å². The van der Waals surface area contributed by atoms with Crippen molar-refractivity contribution in [1.82, 2.24) is 0 Å². The van der Waals surface area contributed by atoms with E-state index in [4.69, 9.17) is 0 Å². The Balaban J connectivity index is 2.61. The Bertz CT molecular complexity index is 268. The average Bonchev–Trinajstić information content (AvgIpc) is 2.33. The summed E-state index contributed by atoms with van der Waals surface area (Å²) in [5, 5.41) is 0. The molecular weight excluding hydrogens is 148 g/mol. The van der Waals surface area contributed by atoms with Gasteiger partial charge in [0, 0.05) is 25.9 Å². The third kappa shape index (κ3) is 3.10. The van der Waals surface area contributed by atoms with Gasteiger partial charge in [-0.05, 0) is 18.2 Å². The molecule has 0 atom stereocenters. The van der Waals surface area contributed by atoms with Crippen LogP contribution in [0.25, 0.3) is 0 Å². The molecule has 0 N–H and O–H groups in total. The fourth-order valence-electron chi connectivity index (χ4n) is 0.833. The standard InChI is InChI=1S/C10H12N2/c1-11-8-5-7-10-6-3-2-4-9-12-10/h2-3,5-9H,4H2,1H3/b7-5+,11-8?. The van der Waals surface area contributed by atoms with Crippen LogP contribution in [-0.4, -0.2) is 19.5 Å². The molecule has 2 heteroatoms. The van der Waals surface area contributed by atoms with Crippen molar-refractivity contribution in [2.24, 2.45) is 9.98 Å². The van der Waals surface area contributed by atoms with Gasteiger partial charge in [0.15, 0.2) is 0 Å². The molecule has 0 aromatic rings. The van der Waals surface area contributed by atoms with Crippen molar-refractivity contribution < 1.29 is 0 Å². The molecule has 0 saturated heterocycles. The molecule has 0 fully saturated rings. The van der Waals surface area contributed by atoms with Gasteiger partial charge in [-0.1, -0.05) is 12.2 Å². The summed E-state index contributed by atoms with van der Waals surface area (Å²) < 4.78 is 0. The highest BCUT2D eigenvalue weighted by Crippen LogP contribution is 2.02. The molecule has 1 aliphatic heterocycles. The van der Waals surface area contributed by atoms with Crippen molar-refractivity contribution in [2.45, 2.75) is 6.42 Å². The zero-order chi connectivity index (χ0) is 8.65. The van der Waals surface area contributed by atoms with E-state index in [1.807, 2.05) is 30.5 Å². The molecule has 0 saturated carbocycles. The van der Waals surface area contributed by atoms with Gasteiger partial charge in [0.05, 0.1) is 5.70 Å². The molecule has 0 aliphatic carbocycles. The minimum absolute atomic E-state index is 0.912. The summed E-state index contributed by atoms with van der Waals surface area (Å²) in [5.74, 6) is 0. The van der Waals surface area contributed by atoms with Crippen LogP contribution in [-0.2, 0) is 0 Å². The van der Waals surface area contributed by atoms with Crippen LogP contribution in [0.15, 0.2) is 46.1 Å². The zero-order valence-corrected chi connectivity index (χ0v) is 7.14. The largest absolute Gasteiger partial charge is 0.297 e. The van der Waals surface area contributed by atoms with Crippen LogP contribution in [0.2, 0.25) is 0 Å². The Hall–Kier alpha value is -1.44. The van der Waals surface area contributed by atoms with Crippen LogP contribution in [0, 0.1) is 0 Å². The van der Waals surface area contributed by atoms with E-state index >= 15 is 0 Å². The summed E-state index contributed by atoms with van der Waals surface area (Å²) in [6, 6.07) is 0. The van der Waals surface area contributed by atoms with E-state index < -0.39 is 0 Å². The monoisotopic (exact) mass is 160 g/mol. The number of aliphatic imine (C=N–C) groups is 2. The first kappa shape index (κ1) is 8.65. The molecule has 1 heterocycles. The number of rotatable bonds is 2. The highest BCUT2D eigenvalue weighted by molar-refractivity contribution is 5.72. The minimum Gasteiger partial charge on any atom is -0.297 e. The van der Waals surface area contributed by atoms with Gasteiger partial charge in [0.25, 0.3) is 0 Å². The molecule has 0 aromatic heterocycles. The van der Waals surface area contributed by atoms with E-state index in [1.165, 1.54) is 0 Å². The molecule has 62 valence electrons. The minimum atomic E-state index is 0.912. The van der Waals surface area contributed by atoms with Gasteiger partial charge in [-0.2, -0.15) is 0 Å². The predicted octanol–water partition coefficient (Wildman–Crippen LogP) is 2.16. The molecule has 0 unspecified atom stereocenters. The molecule has 0 amide bonds. The number of allylic oxidation sites excluding steroid dienone is 5. The second-order valence-corrected chi connectivity index (χ2v) is 2.33. The quantitative estimate of drug-likeness (QED) is 0.553. The first-order valence-electron chi connectivity index (χ1n) is 3.91. The van der Waals surface area contributed by atoms with Crippen molar-refractivity contribution in [1.29, 1.82) is 0 Å². The van der Waals surface area contributed by atoms with Crippen molar-refractivity contribution >= 4 is 12.4 Å². The number of nitrogens with zero attached hydrogens (tertiary/aromatic N) is 2. The summed E-state index contributed by atoms with van der Waals surface area (Å²) >= 11 is 0. The van der Waals surface area contributed by atoms with Gasteiger partial charge in [-0.3, -0.25) is 9.98 Å². The lowest BCUT2D eigenvalue weighted by Gasteiger charge is -1.86. The van der Waals surface area contributed by atoms with E-state index in [9.17, 15) is 0 Å². The summed E-state index contributed by atoms with van der Waals surface area (Å²) in [6.45, 7) is 0. The van der Waals surface area contributed by atoms with Crippen molar-refractivity contribution in [3.8, 4) is 0 Å². The SMILES string of the molecule is CN=C/C=C/C1=CC=CCC=N1. The third-order valence-corrected chi connectivity index (χ3v) is 1.39. The molecule has 1 aliphatic rings. The van der Waals surface area contributed by atoms with E-state index in [2.05, 4.69) is 16.1 Å². The normalized spacial score (nSPS) is 17.2. The Morgan fingerprint density at radius 3 is 3.33 bits per heavy atom. The maximum Gasteiger partial charge on any atom is 0.0626 e. The predicted molar refractivity (Wildman–Crippen MR) is 53.9 cm³/mol. The molecule has 2 nitrogen and oxygen atoms in total. The average molecular weight is 160 g/mol. The Kier molecular flexibility index (Phi) is 3.78. The van der Waals surface area contributed by atoms with Crippen LogP contribution in [0.5, 0.6) is 0 Å². The topological polar surface area (TPSA) is 24.7 Å². The number of hydrogen-bond acceptors (Lipinski definition) is 2. The summed E-state index contributed by atoms with van der Waals surface area (Å²) in [5.41, 5.74) is 0.962.